The van der Waals surface area contributed by atoms with E-state index in [0.29, 0.717) is 6.42 Å². The van der Waals surface area contributed by atoms with Gasteiger partial charge >= 0.3 is 0 Å². The zero-order chi connectivity index (χ0) is 16.2. The number of carbonyl (C=O) groups is 1. The van der Waals surface area contributed by atoms with Crippen LogP contribution in [0.15, 0.2) is 40.6 Å². The zero-order valence-electron chi connectivity index (χ0n) is 13.4. The van der Waals surface area contributed by atoms with Crippen LogP contribution in [0.3, 0.4) is 0 Å². The number of nitrogens with one attached hydrogen (secondary N) is 1. The Morgan fingerprint density at radius 2 is 2.04 bits per heavy atom. The molecule has 1 amide bonds. The summed E-state index contributed by atoms with van der Waals surface area (Å²) in [4.78, 5) is 13.2. The van der Waals surface area contributed by atoms with E-state index in [2.05, 4.69) is 15.5 Å². The first-order valence-electron chi connectivity index (χ1n) is 7.14. The van der Waals surface area contributed by atoms with Crippen molar-refractivity contribution in [2.75, 3.05) is 5.32 Å². The number of anilines is 1. The topological polar surface area (TPSA) is 85.8 Å². The van der Waals surface area contributed by atoms with Gasteiger partial charge in [0.1, 0.15) is 6.33 Å². The molecule has 0 aliphatic heterocycles. The summed E-state index contributed by atoms with van der Waals surface area (Å²) in [5.74, 6) is -0.164. The molecule has 0 spiro atoms. The van der Waals surface area contributed by atoms with Crippen LogP contribution in [0.25, 0.3) is 0 Å². The van der Waals surface area contributed by atoms with Crippen molar-refractivity contribution in [3.63, 3.8) is 0 Å². The van der Waals surface area contributed by atoms with Crippen molar-refractivity contribution in [2.24, 2.45) is 12.8 Å². The fraction of sp³-hybridized carbons (Fsp3) is 0.400. The smallest absolute Gasteiger partial charge is 0.244 e. The van der Waals surface area contributed by atoms with E-state index < -0.39 is 5.54 Å². The average molecular weight is 356 g/mol. The number of rotatable bonds is 6. The van der Waals surface area contributed by atoms with Gasteiger partial charge < -0.3 is 15.6 Å². The fourth-order valence-corrected chi connectivity index (χ4v) is 2.75. The summed E-state index contributed by atoms with van der Waals surface area (Å²) in [7, 11) is 1.90. The molecule has 1 unspecified atom stereocenters. The number of amides is 1. The number of nitrogens with two attached hydrogens (primary N) is 1. The second-order valence-corrected chi connectivity index (χ2v) is 6.51. The Morgan fingerprint density at radius 3 is 2.57 bits per heavy atom. The number of nitrogens with zero attached hydrogens (tertiary/aromatic N) is 3. The lowest BCUT2D eigenvalue weighted by atomic mass is 9.96. The second-order valence-electron chi connectivity index (χ2n) is 5.47. The van der Waals surface area contributed by atoms with E-state index in [1.807, 2.05) is 42.8 Å². The number of halogens is 1. The SMILES string of the molecule is CCCC(C)(N)C(=O)Nc1ccc(Sc2nncn2C)cc1.Cl. The Labute approximate surface area is 146 Å². The van der Waals surface area contributed by atoms with E-state index in [1.165, 1.54) is 11.8 Å². The Hall–Kier alpha value is -1.57. The van der Waals surface area contributed by atoms with E-state index in [1.54, 1.807) is 13.3 Å². The third-order valence-corrected chi connectivity index (χ3v) is 4.34. The van der Waals surface area contributed by atoms with Crippen LogP contribution in [0.1, 0.15) is 26.7 Å². The van der Waals surface area contributed by atoms with Gasteiger partial charge in [-0.1, -0.05) is 13.3 Å². The van der Waals surface area contributed by atoms with Crippen molar-refractivity contribution < 1.29 is 4.79 Å². The molecule has 0 aliphatic rings. The van der Waals surface area contributed by atoms with Crippen LogP contribution in [0.2, 0.25) is 0 Å². The lowest BCUT2D eigenvalue weighted by Gasteiger charge is -2.22. The van der Waals surface area contributed by atoms with Gasteiger partial charge in [0.25, 0.3) is 0 Å². The third-order valence-electron chi connectivity index (χ3n) is 3.28. The van der Waals surface area contributed by atoms with Crippen LogP contribution in [0.4, 0.5) is 5.69 Å². The number of carbonyl (C=O) groups excluding carboxylic acids is 1. The summed E-state index contributed by atoms with van der Waals surface area (Å²) >= 11 is 1.51. The van der Waals surface area contributed by atoms with Gasteiger partial charge in [-0.15, -0.1) is 22.6 Å². The number of hydrogen-bond donors (Lipinski definition) is 2. The number of aryl methyl sites for hydroxylation is 1. The molecule has 1 atom stereocenters. The maximum atomic E-state index is 12.1. The quantitative estimate of drug-likeness (QED) is 0.832. The molecule has 0 saturated carbocycles. The van der Waals surface area contributed by atoms with Gasteiger partial charge in [0, 0.05) is 17.6 Å². The predicted octanol–water partition coefficient (Wildman–Crippen LogP) is 2.84. The maximum Gasteiger partial charge on any atom is 0.244 e. The van der Waals surface area contributed by atoms with E-state index in [0.717, 1.165) is 22.2 Å². The first-order valence-corrected chi connectivity index (χ1v) is 7.96. The van der Waals surface area contributed by atoms with E-state index >= 15 is 0 Å². The Morgan fingerprint density at radius 1 is 1.39 bits per heavy atom. The van der Waals surface area contributed by atoms with E-state index in [-0.39, 0.29) is 18.3 Å². The van der Waals surface area contributed by atoms with Gasteiger partial charge in [0.05, 0.1) is 5.54 Å². The van der Waals surface area contributed by atoms with Crippen LogP contribution in [0.5, 0.6) is 0 Å². The molecule has 126 valence electrons. The number of hydrogen-bond acceptors (Lipinski definition) is 5. The Balaban J connectivity index is 0.00000264. The lowest BCUT2D eigenvalue weighted by Crippen LogP contribution is -2.48. The van der Waals surface area contributed by atoms with Gasteiger partial charge in [-0.2, -0.15) is 0 Å². The van der Waals surface area contributed by atoms with Gasteiger partial charge in [-0.3, -0.25) is 4.79 Å². The Bertz CT molecular complexity index is 642. The highest BCUT2D eigenvalue weighted by Crippen LogP contribution is 2.26. The molecule has 8 heteroatoms. The maximum absolute atomic E-state index is 12.1. The highest BCUT2D eigenvalue weighted by molar-refractivity contribution is 7.99. The molecule has 1 heterocycles. The van der Waals surface area contributed by atoms with Gasteiger partial charge in [-0.25, -0.2) is 0 Å². The minimum atomic E-state index is -0.846. The molecule has 0 bridgehead atoms. The van der Waals surface area contributed by atoms with E-state index in [9.17, 15) is 4.79 Å². The van der Waals surface area contributed by atoms with Crippen LogP contribution < -0.4 is 11.1 Å². The van der Waals surface area contributed by atoms with Crippen molar-refractivity contribution >= 4 is 35.8 Å². The molecule has 0 aliphatic carbocycles. The summed E-state index contributed by atoms with van der Waals surface area (Å²) in [6, 6.07) is 7.59. The Kier molecular flexibility index (Phi) is 7.05. The van der Waals surface area contributed by atoms with Crippen molar-refractivity contribution in [3.05, 3.63) is 30.6 Å². The molecular weight excluding hydrogens is 334 g/mol. The minimum absolute atomic E-state index is 0. The number of aromatic nitrogens is 3. The molecule has 2 aromatic rings. The molecule has 0 fully saturated rings. The summed E-state index contributed by atoms with van der Waals surface area (Å²) in [5.41, 5.74) is 5.91. The zero-order valence-corrected chi connectivity index (χ0v) is 15.1. The van der Waals surface area contributed by atoms with Crippen molar-refractivity contribution in [1.29, 1.82) is 0 Å². The van der Waals surface area contributed by atoms with Crippen molar-refractivity contribution in [2.45, 2.75) is 42.3 Å². The lowest BCUT2D eigenvalue weighted by molar-refractivity contribution is -0.120. The molecule has 0 saturated heterocycles. The minimum Gasteiger partial charge on any atom is -0.325 e. The summed E-state index contributed by atoms with van der Waals surface area (Å²) in [5, 5.41) is 11.5. The highest BCUT2D eigenvalue weighted by atomic mass is 35.5. The fourth-order valence-electron chi connectivity index (χ4n) is 1.98. The van der Waals surface area contributed by atoms with Crippen LogP contribution >= 0.6 is 24.2 Å². The molecule has 23 heavy (non-hydrogen) atoms. The summed E-state index contributed by atoms with van der Waals surface area (Å²) in [6.45, 7) is 3.76. The molecule has 0 radical (unpaired) electrons. The molecule has 3 N–H and O–H groups in total. The third kappa shape index (κ3) is 5.23. The van der Waals surface area contributed by atoms with Crippen LogP contribution in [0, 0.1) is 0 Å². The average Bonchev–Trinajstić information content (AvgIpc) is 2.86. The number of benzene rings is 1. The van der Waals surface area contributed by atoms with Crippen molar-refractivity contribution in [1.82, 2.24) is 14.8 Å². The first kappa shape index (κ1) is 19.5. The molecule has 1 aromatic carbocycles. The molecule has 2 rings (SSSR count). The predicted molar refractivity (Wildman–Crippen MR) is 94.9 cm³/mol. The van der Waals surface area contributed by atoms with Gasteiger partial charge in [0.2, 0.25) is 5.91 Å². The van der Waals surface area contributed by atoms with Crippen molar-refractivity contribution in [3.8, 4) is 0 Å². The standard InChI is InChI=1S/C15H21N5OS.ClH/c1-4-9-15(2,16)13(21)18-11-5-7-12(8-6-11)22-14-19-17-10-20(14)3;/h5-8,10H,4,9,16H2,1-3H3,(H,18,21);1H. The molecular formula is C15H22ClN5OS. The second kappa shape index (κ2) is 8.33. The van der Waals surface area contributed by atoms with Crippen LogP contribution in [-0.4, -0.2) is 26.2 Å². The first-order chi connectivity index (χ1) is 10.4. The van der Waals surface area contributed by atoms with E-state index in [4.69, 9.17) is 5.73 Å². The normalized spacial score (nSPS) is 13.0. The van der Waals surface area contributed by atoms with Crippen LogP contribution in [-0.2, 0) is 11.8 Å². The molecule has 1 aromatic heterocycles. The largest absolute Gasteiger partial charge is 0.325 e. The summed E-state index contributed by atoms with van der Waals surface area (Å²) < 4.78 is 1.85. The monoisotopic (exact) mass is 355 g/mol. The van der Waals surface area contributed by atoms with Gasteiger partial charge in [0.15, 0.2) is 5.16 Å². The molecule has 6 nitrogen and oxygen atoms in total. The van der Waals surface area contributed by atoms with Gasteiger partial charge in [-0.05, 0) is 49.4 Å². The summed E-state index contributed by atoms with van der Waals surface area (Å²) in [6.07, 6.45) is 3.18. The highest BCUT2D eigenvalue weighted by Gasteiger charge is 2.27.